The summed E-state index contributed by atoms with van der Waals surface area (Å²) < 4.78 is 28.2. The maximum Gasteiger partial charge on any atom is 0.342 e. The summed E-state index contributed by atoms with van der Waals surface area (Å²) in [4.78, 5) is 21.2. The van der Waals surface area contributed by atoms with E-state index in [0.29, 0.717) is 22.4 Å². The van der Waals surface area contributed by atoms with Crippen LogP contribution in [0.1, 0.15) is 29.9 Å². The van der Waals surface area contributed by atoms with Crippen LogP contribution in [-0.2, 0) is 14.8 Å². The number of anilines is 2. The number of sulfonamides is 1. The molecule has 3 aromatic rings. The van der Waals surface area contributed by atoms with E-state index < -0.39 is 16.0 Å². The number of nitrogens with two attached hydrogens (primary N) is 1. The molecule has 0 saturated carbocycles. The number of carbonyl (C=O) groups excluding carboxylic acids is 1. The number of hydrogen-bond acceptors (Lipinski definition) is 7. The highest BCUT2D eigenvalue weighted by molar-refractivity contribution is 7.89. The number of benzene rings is 1. The lowest BCUT2D eigenvalue weighted by molar-refractivity contribution is 0.0379. The molecule has 2 aromatic heterocycles. The first-order valence-corrected chi connectivity index (χ1v) is 10.1. The van der Waals surface area contributed by atoms with Gasteiger partial charge in [0.2, 0.25) is 10.0 Å². The van der Waals surface area contributed by atoms with E-state index in [4.69, 9.17) is 9.88 Å². The fourth-order valence-corrected chi connectivity index (χ4v) is 3.13. The van der Waals surface area contributed by atoms with Crippen LogP contribution in [0, 0.1) is 6.92 Å². The molecule has 3 rings (SSSR count). The van der Waals surface area contributed by atoms with Crippen LogP contribution in [0.25, 0.3) is 11.0 Å². The molecule has 8 nitrogen and oxygen atoms in total. The monoisotopic (exact) mass is 400 g/mol. The molecule has 0 aliphatic carbocycles. The van der Waals surface area contributed by atoms with Crippen LogP contribution in [0.3, 0.4) is 0 Å². The summed E-state index contributed by atoms with van der Waals surface area (Å²) in [6, 6.07) is 9.52. The van der Waals surface area contributed by atoms with Gasteiger partial charge >= 0.3 is 5.97 Å². The topological polar surface area (TPSA) is 124 Å². The van der Waals surface area contributed by atoms with Gasteiger partial charge in [-0.15, -0.1) is 0 Å². The number of rotatable bonds is 5. The van der Waals surface area contributed by atoms with Crippen molar-refractivity contribution in [1.29, 1.82) is 0 Å². The molecule has 0 unspecified atom stereocenters. The fraction of sp³-hybridized carbons (Fsp3) is 0.211. The molecule has 2 heterocycles. The highest BCUT2D eigenvalue weighted by atomic mass is 32.2. The molecule has 0 fully saturated rings. The third-order valence-corrected chi connectivity index (χ3v) is 4.81. The SMILES string of the molecule is Cc1ccc2c(Nc3ccc(S(N)(=O)=O)cc3)c(C(=O)OC(C)C)cnc2n1. The first-order valence-electron chi connectivity index (χ1n) is 8.52. The minimum Gasteiger partial charge on any atom is -0.459 e. The minimum atomic E-state index is -3.79. The van der Waals surface area contributed by atoms with Gasteiger partial charge < -0.3 is 10.1 Å². The number of aromatic nitrogens is 2. The highest BCUT2D eigenvalue weighted by Crippen LogP contribution is 2.29. The molecular formula is C19H20N4O4S. The smallest absolute Gasteiger partial charge is 0.342 e. The Morgan fingerprint density at radius 3 is 2.43 bits per heavy atom. The van der Waals surface area contributed by atoms with Crippen molar-refractivity contribution in [2.45, 2.75) is 31.8 Å². The molecule has 3 N–H and O–H groups in total. The Morgan fingerprint density at radius 1 is 1.14 bits per heavy atom. The van der Waals surface area contributed by atoms with Crippen LogP contribution in [0.2, 0.25) is 0 Å². The molecule has 146 valence electrons. The Bertz CT molecular complexity index is 1140. The van der Waals surface area contributed by atoms with Crippen molar-refractivity contribution in [2.75, 3.05) is 5.32 Å². The summed E-state index contributed by atoms with van der Waals surface area (Å²) in [7, 11) is -3.79. The summed E-state index contributed by atoms with van der Waals surface area (Å²) in [5.41, 5.74) is 2.57. The average Bonchev–Trinajstić information content (AvgIpc) is 2.60. The first-order chi connectivity index (χ1) is 13.1. The van der Waals surface area contributed by atoms with Gasteiger partial charge in [-0.1, -0.05) is 0 Å². The number of primary sulfonamides is 1. The van der Waals surface area contributed by atoms with Gasteiger partial charge in [0.1, 0.15) is 5.56 Å². The Morgan fingerprint density at radius 2 is 1.82 bits per heavy atom. The van der Waals surface area contributed by atoms with E-state index in [0.717, 1.165) is 5.69 Å². The molecular weight excluding hydrogens is 380 g/mol. The summed E-state index contributed by atoms with van der Waals surface area (Å²) >= 11 is 0. The predicted octanol–water partition coefficient (Wildman–Crippen LogP) is 2.89. The Kier molecular flexibility index (Phi) is 5.30. The van der Waals surface area contributed by atoms with Crippen molar-refractivity contribution >= 4 is 38.4 Å². The molecule has 0 spiro atoms. The van der Waals surface area contributed by atoms with Crippen molar-refractivity contribution in [3.8, 4) is 0 Å². The number of pyridine rings is 2. The predicted molar refractivity (Wildman–Crippen MR) is 106 cm³/mol. The van der Waals surface area contributed by atoms with Crippen LogP contribution in [0.4, 0.5) is 11.4 Å². The zero-order chi connectivity index (χ0) is 20.5. The number of nitrogens with zero attached hydrogens (tertiary/aromatic N) is 2. The normalized spacial score (nSPS) is 11.6. The highest BCUT2D eigenvalue weighted by Gasteiger charge is 2.19. The molecule has 0 radical (unpaired) electrons. The van der Waals surface area contributed by atoms with Crippen LogP contribution >= 0.6 is 0 Å². The van der Waals surface area contributed by atoms with Crippen molar-refractivity contribution in [3.63, 3.8) is 0 Å². The molecule has 0 amide bonds. The molecule has 0 atom stereocenters. The quantitative estimate of drug-likeness (QED) is 0.631. The number of carbonyl (C=O) groups is 1. The maximum absolute atomic E-state index is 12.5. The number of nitrogens with one attached hydrogen (secondary N) is 1. The third kappa shape index (κ3) is 4.26. The number of ether oxygens (including phenoxy) is 1. The van der Waals surface area contributed by atoms with Crippen molar-refractivity contribution in [2.24, 2.45) is 5.14 Å². The number of hydrogen-bond donors (Lipinski definition) is 2. The fourth-order valence-electron chi connectivity index (χ4n) is 2.61. The lowest BCUT2D eigenvalue weighted by atomic mass is 10.1. The Hall–Kier alpha value is -3.04. The van der Waals surface area contributed by atoms with Gasteiger partial charge in [0.15, 0.2) is 5.65 Å². The molecule has 0 saturated heterocycles. The van der Waals surface area contributed by atoms with Crippen molar-refractivity contribution < 1.29 is 17.9 Å². The van der Waals surface area contributed by atoms with E-state index in [1.165, 1.54) is 18.3 Å². The van der Waals surface area contributed by atoms with E-state index >= 15 is 0 Å². The number of aryl methyl sites for hydroxylation is 1. The molecule has 28 heavy (non-hydrogen) atoms. The van der Waals surface area contributed by atoms with Crippen LogP contribution in [0.5, 0.6) is 0 Å². The van der Waals surface area contributed by atoms with Crippen LogP contribution in [-0.4, -0.2) is 30.5 Å². The second kappa shape index (κ2) is 7.53. The summed E-state index contributed by atoms with van der Waals surface area (Å²) in [5.74, 6) is -0.520. The minimum absolute atomic E-state index is 0.00521. The molecule has 9 heteroatoms. The van der Waals surface area contributed by atoms with E-state index in [1.807, 2.05) is 19.1 Å². The maximum atomic E-state index is 12.5. The zero-order valence-corrected chi connectivity index (χ0v) is 16.4. The first kappa shape index (κ1) is 19.7. The van der Waals surface area contributed by atoms with Crippen molar-refractivity contribution in [3.05, 3.63) is 53.9 Å². The van der Waals surface area contributed by atoms with Gasteiger partial charge in [0, 0.05) is 23.0 Å². The van der Waals surface area contributed by atoms with Gasteiger partial charge in [-0.2, -0.15) is 0 Å². The van der Waals surface area contributed by atoms with Gasteiger partial charge in [-0.05, 0) is 57.2 Å². The summed E-state index contributed by atoms with van der Waals surface area (Å²) in [6.07, 6.45) is 1.13. The second-order valence-electron chi connectivity index (χ2n) is 6.52. The third-order valence-electron chi connectivity index (χ3n) is 3.88. The van der Waals surface area contributed by atoms with E-state index in [9.17, 15) is 13.2 Å². The number of esters is 1. The summed E-state index contributed by atoms with van der Waals surface area (Å²) in [5, 5.41) is 8.92. The molecule has 1 aromatic carbocycles. The van der Waals surface area contributed by atoms with E-state index in [2.05, 4.69) is 15.3 Å². The van der Waals surface area contributed by atoms with Crippen LogP contribution in [0.15, 0.2) is 47.5 Å². The largest absolute Gasteiger partial charge is 0.459 e. The molecule has 0 aliphatic heterocycles. The van der Waals surface area contributed by atoms with Crippen molar-refractivity contribution in [1.82, 2.24) is 9.97 Å². The Labute approximate surface area is 162 Å². The van der Waals surface area contributed by atoms with E-state index in [1.54, 1.807) is 26.0 Å². The molecule has 0 aliphatic rings. The zero-order valence-electron chi connectivity index (χ0n) is 15.6. The second-order valence-corrected chi connectivity index (χ2v) is 8.08. The van der Waals surface area contributed by atoms with Gasteiger partial charge in [-0.3, -0.25) is 0 Å². The lowest BCUT2D eigenvalue weighted by Gasteiger charge is -2.15. The van der Waals surface area contributed by atoms with E-state index in [-0.39, 0.29) is 16.6 Å². The number of fused-ring (bicyclic) bond motifs is 1. The van der Waals surface area contributed by atoms with Gasteiger partial charge in [0.05, 0.1) is 16.7 Å². The summed E-state index contributed by atoms with van der Waals surface area (Å²) in [6.45, 7) is 5.37. The Balaban J connectivity index is 2.09. The molecule has 0 bridgehead atoms. The lowest BCUT2D eigenvalue weighted by Crippen LogP contribution is -2.14. The van der Waals surface area contributed by atoms with Crippen LogP contribution < -0.4 is 10.5 Å². The average molecular weight is 400 g/mol. The van der Waals surface area contributed by atoms with Gasteiger partial charge in [0.25, 0.3) is 0 Å². The standard InChI is InChI=1S/C19H20N4O4S/c1-11(2)27-19(24)16-10-21-18-15(9-4-12(3)22-18)17(16)23-13-5-7-14(8-6-13)28(20,25)26/h4-11H,1-3H3,(H2,20,25,26)(H,21,22,23). The van der Waals surface area contributed by atoms with Gasteiger partial charge in [-0.25, -0.2) is 28.3 Å².